The Labute approximate surface area is 161 Å². The number of nitrogens with one attached hydrogen (secondary N) is 2. The van der Waals surface area contributed by atoms with Crippen molar-refractivity contribution in [1.29, 1.82) is 0 Å². The van der Waals surface area contributed by atoms with Crippen LogP contribution in [0.4, 0.5) is 4.39 Å². The van der Waals surface area contributed by atoms with Gasteiger partial charge in [-0.25, -0.2) is 17.1 Å². The second-order valence-corrected chi connectivity index (χ2v) is 8.70. The van der Waals surface area contributed by atoms with Crippen LogP contribution in [0.1, 0.15) is 10.4 Å². The van der Waals surface area contributed by atoms with Crippen molar-refractivity contribution in [2.24, 2.45) is 0 Å². The van der Waals surface area contributed by atoms with Gasteiger partial charge in [-0.15, -0.1) is 11.8 Å². The minimum absolute atomic E-state index is 0.0503. The van der Waals surface area contributed by atoms with E-state index < -0.39 is 27.7 Å². The van der Waals surface area contributed by atoms with Crippen molar-refractivity contribution < 1.29 is 22.4 Å². The Morgan fingerprint density at radius 3 is 2.26 bits per heavy atom. The number of thioether (sulfide) groups is 1. The maximum absolute atomic E-state index is 13.5. The molecule has 0 atom stereocenters. The molecule has 2 amide bonds. The van der Waals surface area contributed by atoms with E-state index in [0.717, 1.165) is 16.1 Å². The van der Waals surface area contributed by atoms with Gasteiger partial charge in [-0.3, -0.25) is 20.4 Å². The molecular weight excluding hydrogens is 393 g/mol. The molecule has 2 rings (SSSR count). The topological polar surface area (TPSA) is 95.6 Å². The maximum Gasteiger partial charge on any atom is 0.269 e. The predicted molar refractivity (Wildman–Crippen MR) is 100 cm³/mol. The minimum Gasteiger partial charge on any atom is -0.272 e. The first kappa shape index (κ1) is 20.9. The molecule has 144 valence electrons. The first-order valence-electron chi connectivity index (χ1n) is 7.71. The number of amides is 2. The summed E-state index contributed by atoms with van der Waals surface area (Å²) < 4.78 is 38.5. The van der Waals surface area contributed by atoms with Gasteiger partial charge in [0.15, 0.2) is 0 Å². The van der Waals surface area contributed by atoms with E-state index in [0.29, 0.717) is 4.90 Å². The van der Waals surface area contributed by atoms with Crippen LogP contribution in [-0.2, 0) is 14.8 Å². The molecule has 0 heterocycles. The van der Waals surface area contributed by atoms with Gasteiger partial charge in [-0.2, -0.15) is 0 Å². The fraction of sp³-hybridized carbons (Fsp3) is 0.176. The van der Waals surface area contributed by atoms with Crippen molar-refractivity contribution in [1.82, 2.24) is 15.2 Å². The molecule has 0 radical (unpaired) electrons. The number of hydrogen-bond donors (Lipinski definition) is 2. The predicted octanol–water partition coefficient (Wildman–Crippen LogP) is 1.63. The molecule has 27 heavy (non-hydrogen) atoms. The Kier molecular flexibility index (Phi) is 6.94. The molecule has 10 heteroatoms. The highest BCUT2D eigenvalue weighted by atomic mass is 32.2. The summed E-state index contributed by atoms with van der Waals surface area (Å²) in [6, 6.07) is 11.3. The average molecular weight is 411 g/mol. The standard InChI is InChI=1S/C17H18FN3O4S2/c1-21(2)27(24,25)13-9-7-12(8-10-13)17(23)20-19-16(22)11-26-15-6-4-3-5-14(15)18/h3-10H,11H2,1-2H3,(H,19,22)(H,20,23). The molecule has 2 aromatic rings. The second kappa shape index (κ2) is 8.98. The Morgan fingerprint density at radius 1 is 1.04 bits per heavy atom. The summed E-state index contributed by atoms with van der Waals surface area (Å²) in [5.74, 6) is -1.62. The van der Waals surface area contributed by atoms with E-state index in [9.17, 15) is 22.4 Å². The van der Waals surface area contributed by atoms with Crippen molar-refractivity contribution in [3.05, 3.63) is 59.9 Å². The summed E-state index contributed by atoms with van der Waals surface area (Å²) in [7, 11) is -0.769. The van der Waals surface area contributed by atoms with Gasteiger partial charge < -0.3 is 0 Å². The number of carbonyl (C=O) groups excluding carboxylic acids is 2. The lowest BCUT2D eigenvalue weighted by atomic mass is 10.2. The maximum atomic E-state index is 13.5. The molecule has 0 fully saturated rings. The van der Waals surface area contributed by atoms with Gasteiger partial charge in [-0.1, -0.05) is 12.1 Å². The van der Waals surface area contributed by atoms with E-state index in [-0.39, 0.29) is 16.2 Å². The number of halogens is 1. The molecule has 2 N–H and O–H groups in total. The molecule has 7 nitrogen and oxygen atoms in total. The fourth-order valence-electron chi connectivity index (χ4n) is 1.93. The molecule has 0 aliphatic carbocycles. The summed E-state index contributed by atoms with van der Waals surface area (Å²) in [4.78, 5) is 24.2. The van der Waals surface area contributed by atoms with E-state index in [4.69, 9.17) is 0 Å². The van der Waals surface area contributed by atoms with Gasteiger partial charge >= 0.3 is 0 Å². The van der Waals surface area contributed by atoms with E-state index in [1.54, 1.807) is 18.2 Å². The molecular formula is C17H18FN3O4S2. The first-order chi connectivity index (χ1) is 12.7. The lowest BCUT2D eigenvalue weighted by molar-refractivity contribution is -0.119. The summed E-state index contributed by atoms with van der Waals surface area (Å²) >= 11 is 1.00. The van der Waals surface area contributed by atoms with Crippen LogP contribution in [0.25, 0.3) is 0 Å². The van der Waals surface area contributed by atoms with Crippen LogP contribution in [0.3, 0.4) is 0 Å². The molecule has 0 unspecified atom stereocenters. The van der Waals surface area contributed by atoms with Crippen LogP contribution in [0.5, 0.6) is 0 Å². The first-order valence-corrected chi connectivity index (χ1v) is 10.1. The third kappa shape index (κ3) is 5.52. The molecule has 2 aromatic carbocycles. The Hall–Kier alpha value is -2.43. The van der Waals surface area contributed by atoms with Crippen molar-refractivity contribution in [3.8, 4) is 0 Å². The van der Waals surface area contributed by atoms with Gasteiger partial charge in [-0.05, 0) is 36.4 Å². The molecule has 0 spiro atoms. The van der Waals surface area contributed by atoms with Crippen molar-refractivity contribution in [2.75, 3.05) is 19.8 Å². The van der Waals surface area contributed by atoms with Crippen molar-refractivity contribution in [3.63, 3.8) is 0 Å². The fourth-order valence-corrected chi connectivity index (χ4v) is 3.57. The minimum atomic E-state index is -3.58. The van der Waals surface area contributed by atoms with E-state index >= 15 is 0 Å². The highest BCUT2D eigenvalue weighted by Crippen LogP contribution is 2.20. The zero-order chi connectivity index (χ0) is 20.0. The van der Waals surface area contributed by atoms with Crippen LogP contribution < -0.4 is 10.9 Å². The highest BCUT2D eigenvalue weighted by molar-refractivity contribution is 8.00. The Morgan fingerprint density at radius 2 is 1.67 bits per heavy atom. The Bertz CT molecular complexity index is 931. The molecule has 0 bridgehead atoms. The summed E-state index contributed by atoms with van der Waals surface area (Å²) in [6.45, 7) is 0. The van der Waals surface area contributed by atoms with Gasteiger partial charge in [0.25, 0.3) is 5.91 Å². The zero-order valence-electron chi connectivity index (χ0n) is 14.6. The lowest BCUT2D eigenvalue weighted by Gasteiger charge is -2.12. The third-order valence-electron chi connectivity index (χ3n) is 3.41. The molecule has 0 aromatic heterocycles. The molecule has 0 aliphatic rings. The van der Waals surface area contributed by atoms with Gasteiger partial charge in [0.1, 0.15) is 5.82 Å². The van der Waals surface area contributed by atoms with Gasteiger partial charge in [0, 0.05) is 24.6 Å². The number of rotatable bonds is 6. The number of sulfonamides is 1. The third-order valence-corrected chi connectivity index (χ3v) is 6.28. The SMILES string of the molecule is CN(C)S(=O)(=O)c1ccc(C(=O)NNC(=O)CSc2ccccc2F)cc1. The number of carbonyl (C=O) groups is 2. The van der Waals surface area contributed by atoms with E-state index in [2.05, 4.69) is 10.9 Å². The van der Waals surface area contributed by atoms with Crippen molar-refractivity contribution in [2.45, 2.75) is 9.79 Å². The second-order valence-electron chi connectivity index (χ2n) is 5.53. The Balaban J connectivity index is 1.88. The monoisotopic (exact) mass is 411 g/mol. The summed E-state index contributed by atoms with van der Waals surface area (Å²) in [5.41, 5.74) is 4.63. The van der Waals surface area contributed by atoms with E-state index in [1.165, 1.54) is 44.4 Å². The highest BCUT2D eigenvalue weighted by Gasteiger charge is 2.17. The summed E-state index contributed by atoms with van der Waals surface area (Å²) in [6.07, 6.45) is 0. The zero-order valence-corrected chi connectivity index (χ0v) is 16.2. The van der Waals surface area contributed by atoms with E-state index in [1.807, 2.05) is 0 Å². The van der Waals surface area contributed by atoms with Gasteiger partial charge in [0.2, 0.25) is 15.9 Å². The van der Waals surface area contributed by atoms with Crippen LogP contribution in [-0.4, -0.2) is 44.4 Å². The lowest BCUT2D eigenvalue weighted by Crippen LogP contribution is -2.42. The van der Waals surface area contributed by atoms with Crippen molar-refractivity contribution >= 4 is 33.6 Å². The normalized spacial score (nSPS) is 11.3. The largest absolute Gasteiger partial charge is 0.272 e. The van der Waals surface area contributed by atoms with Gasteiger partial charge in [0.05, 0.1) is 10.6 Å². The number of benzene rings is 2. The van der Waals surface area contributed by atoms with Crippen LogP contribution in [0, 0.1) is 5.82 Å². The van der Waals surface area contributed by atoms with Crippen LogP contribution in [0.15, 0.2) is 58.3 Å². The number of hydrazine groups is 1. The quantitative estimate of drug-likeness (QED) is 0.556. The molecule has 0 saturated carbocycles. The number of nitrogens with zero attached hydrogens (tertiary/aromatic N) is 1. The van der Waals surface area contributed by atoms with Crippen LogP contribution in [0.2, 0.25) is 0 Å². The smallest absolute Gasteiger partial charge is 0.269 e. The summed E-state index contributed by atoms with van der Waals surface area (Å²) in [5, 5.41) is 0. The molecule has 0 saturated heterocycles. The van der Waals surface area contributed by atoms with Crippen LogP contribution >= 0.6 is 11.8 Å². The molecule has 0 aliphatic heterocycles. The average Bonchev–Trinajstić information content (AvgIpc) is 2.65. The number of hydrogen-bond acceptors (Lipinski definition) is 5.